The number of methoxy groups -OCH3 is 3. The van der Waals surface area contributed by atoms with Crippen molar-refractivity contribution in [2.45, 2.75) is 25.9 Å². The lowest BCUT2D eigenvalue weighted by molar-refractivity contribution is -0.384. The number of nitro groups is 1. The van der Waals surface area contributed by atoms with Crippen molar-refractivity contribution in [3.63, 3.8) is 0 Å². The van der Waals surface area contributed by atoms with Crippen molar-refractivity contribution in [2.24, 2.45) is 0 Å². The van der Waals surface area contributed by atoms with Gasteiger partial charge in [-0.15, -0.1) is 0 Å². The molecule has 2 aliphatic heterocycles. The van der Waals surface area contributed by atoms with Crippen molar-refractivity contribution in [1.82, 2.24) is 9.80 Å². The molecule has 2 aromatic carbocycles. The van der Waals surface area contributed by atoms with Gasteiger partial charge in [-0.05, 0) is 31.5 Å². The Hall–Kier alpha value is -4.42. The quantitative estimate of drug-likeness (QED) is 0.247. The van der Waals surface area contributed by atoms with Crippen LogP contribution < -0.4 is 9.64 Å². The Balaban J connectivity index is 1.58. The topological polar surface area (TPSA) is 135 Å². The maximum Gasteiger partial charge on any atom is 0.336 e. The van der Waals surface area contributed by atoms with E-state index < -0.39 is 28.9 Å². The molecule has 2 aromatic rings. The minimum absolute atomic E-state index is 0.104. The molecule has 0 radical (unpaired) electrons. The molecule has 0 saturated carbocycles. The molecular formula is C31H38N4O8. The van der Waals surface area contributed by atoms with Gasteiger partial charge >= 0.3 is 11.9 Å². The first-order chi connectivity index (χ1) is 20.6. The molecule has 0 aliphatic carbocycles. The molecule has 0 amide bonds. The molecule has 1 N–H and O–H groups in total. The van der Waals surface area contributed by atoms with Crippen molar-refractivity contribution in [1.29, 1.82) is 0 Å². The lowest BCUT2D eigenvalue weighted by Gasteiger charge is -2.40. The molecule has 2 heterocycles. The second-order valence-electron chi connectivity index (χ2n) is 10.5. The Morgan fingerprint density at radius 1 is 0.930 bits per heavy atom. The van der Waals surface area contributed by atoms with E-state index in [2.05, 4.69) is 9.80 Å². The number of aliphatic hydroxyl groups is 1. The number of aliphatic hydroxyl groups excluding tert-OH is 1. The molecule has 43 heavy (non-hydrogen) atoms. The highest BCUT2D eigenvalue weighted by Crippen LogP contribution is 2.43. The van der Waals surface area contributed by atoms with E-state index >= 15 is 0 Å². The summed E-state index contributed by atoms with van der Waals surface area (Å²) in [5.74, 6) is -1.52. The second kappa shape index (κ2) is 13.7. The standard InChI is InChI=1S/C31H38N4O8/c1-20-27(30(37)42-4)29(22-9-8-10-23(17-22)35(39)40)28(31(38)43-5)21(2)34(20)19-24(36)18-32-13-15-33(16-14-32)25-11-6-7-12-26(25)41-3/h6-12,17,24,29,36H,13-16,18-19H2,1-5H3. The fourth-order valence-electron chi connectivity index (χ4n) is 5.91. The normalized spacial score (nSPS) is 17.2. The highest BCUT2D eigenvalue weighted by Gasteiger charge is 2.41. The Bertz CT molecular complexity index is 1390. The lowest BCUT2D eigenvalue weighted by atomic mass is 9.79. The monoisotopic (exact) mass is 594 g/mol. The Morgan fingerprint density at radius 2 is 1.53 bits per heavy atom. The zero-order valence-electron chi connectivity index (χ0n) is 25.1. The van der Waals surface area contributed by atoms with Crippen LogP contribution in [0.3, 0.4) is 0 Å². The van der Waals surface area contributed by atoms with Crippen LogP contribution in [-0.2, 0) is 19.1 Å². The van der Waals surface area contributed by atoms with E-state index in [1.54, 1.807) is 31.9 Å². The Labute approximate surface area is 250 Å². The number of carbonyl (C=O) groups excluding carboxylic acids is 2. The van der Waals surface area contributed by atoms with Crippen LogP contribution in [-0.4, -0.2) is 98.5 Å². The molecular weight excluding hydrogens is 556 g/mol. The summed E-state index contributed by atoms with van der Waals surface area (Å²) in [6.07, 6.45) is -0.824. The number of benzene rings is 2. The lowest BCUT2D eigenvalue weighted by Crippen LogP contribution is -2.50. The average Bonchev–Trinajstić information content (AvgIpc) is 3.02. The van der Waals surface area contributed by atoms with Gasteiger partial charge in [-0.3, -0.25) is 15.0 Å². The fraction of sp³-hybridized carbons (Fsp3) is 0.419. The van der Waals surface area contributed by atoms with Crippen molar-refractivity contribution >= 4 is 23.3 Å². The van der Waals surface area contributed by atoms with Crippen molar-refractivity contribution in [3.05, 3.63) is 86.7 Å². The summed E-state index contributed by atoms with van der Waals surface area (Å²) in [4.78, 5) is 43.5. The summed E-state index contributed by atoms with van der Waals surface area (Å²) in [5.41, 5.74) is 2.48. The largest absolute Gasteiger partial charge is 0.495 e. The van der Waals surface area contributed by atoms with E-state index in [1.807, 2.05) is 24.3 Å². The number of hydrogen-bond donors (Lipinski definition) is 1. The number of carbonyl (C=O) groups is 2. The predicted molar refractivity (Wildman–Crippen MR) is 160 cm³/mol. The van der Waals surface area contributed by atoms with Gasteiger partial charge in [-0.25, -0.2) is 9.59 Å². The number of anilines is 1. The smallest absolute Gasteiger partial charge is 0.336 e. The van der Waals surface area contributed by atoms with Crippen LogP contribution in [0.15, 0.2) is 71.1 Å². The van der Waals surface area contributed by atoms with Crippen molar-refractivity contribution < 1.29 is 33.8 Å². The first-order valence-electron chi connectivity index (χ1n) is 14.0. The molecule has 0 spiro atoms. The maximum atomic E-state index is 13.2. The number of nitrogens with zero attached hydrogens (tertiary/aromatic N) is 4. The first kappa shape index (κ1) is 31.5. The molecule has 0 aromatic heterocycles. The highest BCUT2D eigenvalue weighted by atomic mass is 16.6. The summed E-state index contributed by atoms with van der Waals surface area (Å²) in [5, 5.41) is 22.7. The molecule has 1 unspecified atom stereocenters. The summed E-state index contributed by atoms with van der Waals surface area (Å²) in [7, 11) is 4.13. The fourth-order valence-corrected chi connectivity index (χ4v) is 5.91. The van der Waals surface area contributed by atoms with Gasteiger partial charge < -0.3 is 29.1 Å². The maximum absolute atomic E-state index is 13.2. The number of para-hydroxylation sites is 2. The zero-order chi connectivity index (χ0) is 31.3. The summed E-state index contributed by atoms with van der Waals surface area (Å²) in [6, 6.07) is 13.7. The van der Waals surface area contributed by atoms with Crippen LogP contribution >= 0.6 is 0 Å². The third kappa shape index (κ3) is 6.65. The van der Waals surface area contributed by atoms with Gasteiger partial charge in [0.15, 0.2) is 0 Å². The van der Waals surface area contributed by atoms with Crippen molar-refractivity contribution in [2.75, 3.05) is 65.5 Å². The van der Waals surface area contributed by atoms with Crippen LogP contribution in [0.25, 0.3) is 0 Å². The molecule has 12 heteroatoms. The van der Waals surface area contributed by atoms with Gasteiger partial charge in [-0.1, -0.05) is 24.3 Å². The third-order valence-electron chi connectivity index (χ3n) is 8.05. The van der Waals surface area contributed by atoms with Gasteiger partial charge in [0.25, 0.3) is 5.69 Å². The number of esters is 2. The van der Waals surface area contributed by atoms with E-state index in [0.29, 0.717) is 23.5 Å². The number of rotatable bonds is 10. The predicted octanol–water partition coefficient (Wildman–Crippen LogP) is 3.08. The van der Waals surface area contributed by atoms with E-state index in [9.17, 15) is 24.8 Å². The van der Waals surface area contributed by atoms with Gasteiger partial charge in [0.05, 0.1) is 55.1 Å². The van der Waals surface area contributed by atoms with Gasteiger partial charge in [0.1, 0.15) is 5.75 Å². The number of non-ortho nitro benzene ring substituents is 1. The van der Waals surface area contributed by atoms with Gasteiger partial charge in [-0.2, -0.15) is 0 Å². The summed E-state index contributed by atoms with van der Waals surface area (Å²) >= 11 is 0. The summed E-state index contributed by atoms with van der Waals surface area (Å²) in [6.45, 7) is 6.90. The number of β-amino-alcohol motifs (C(OH)–C–C–N with tert-alkyl or cyclic N) is 1. The molecule has 1 saturated heterocycles. The van der Waals surface area contributed by atoms with E-state index in [1.165, 1.54) is 32.4 Å². The SMILES string of the molecule is COC(=O)C1=C(C)N(CC(O)CN2CCN(c3ccccc3OC)CC2)C(C)=C(C(=O)OC)C1c1cccc([N+](=O)[O-])c1. The van der Waals surface area contributed by atoms with Crippen LogP contribution in [0.2, 0.25) is 0 Å². The van der Waals surface area contributed by atoms with E-state index in [0.717, 1.165) is 37.6 Å². The molecule has 1 atom stereocenters. The number of allylic oxidation sites excluding steroid dienone is 2. The van der Waals surface area contributed by atoms with E-state index in [-0.39, 0.29) is 23.4 Å². The first-order valence-corrected chi connectivity index (χ1v) is 14.0. The highest BCUT2D eigenvalue weighted by molar-refractivity contribution is 5.99. The average molecular weight is 595 g/mol. The van der Waals surface area contributed by atoms with Crippen LogP contribution in [0.1, 0.15) is 25.3 Å². The van der Waals surface area contributed by atoms with Gasteiger partial charge in [0.2, 0.25) is 0 Å². The number of hydrogen-bond acceptors (Lipinski definition) is 11. The van der Waals surface area contributed by atoms with Gasteiger partial charge in [0, 0.05) is 62.8 Å². The van der Waals surface area contributed by atoms with Crippen LogP contribution in [0.5, 0.6) is 5.75 Å². The summed E-state index contributed by atoms with van der Waals surface area (Å²) < 4.78 is 15.7. The third-order valence-corrected chi connectivity index (χ3v) is 8.05. The van der Waals surface area contributed by atoms with Crippen LogP contribution in [0, 0.1) is 10.1 Å². The molecule has 0 bridgehead atoms. The minimum atomic E-state index is -0.962. The molecule has 2 aliphatic rings. The molecule has 4 rings (SSSR count). The number of nitro benzene ring substituents is 1. The Kier molecular flexibility index (Phi) is 10.0. The molecule has 1 fully saturated rings. The van der Waals surface area contributed by atoms with E-state index in [4.69, 9.17) is 14.2 Å². The minimum Gasteiger partial charge on any atom is -0.495 e. The number of piperazine rings is 1. The molecule has 12 nitrogen and oxygen atoms in total. The van der Waals surface area contributed by atoms with Crippen molar-refractivity contribution in [3.8, 4) is 5.75 Å². The van der Waals surface area contributed by atoms with Crippen LogP contribution in [0.4, 0.5) is 11.4 Å². The number of ether oxygens (including phenoxy) is 3. The Morgan fingerprint density at radius 3 is 2.09 bits per heavy atom. The second-order valence-corrected chi connectivity index (χ2v) is 10.5. The zero-order valence-corrected chi connectivity index (χ0v) is 25.1. The molecule has 230 valence electrons.